The van der Waals surface area contributed by atoms with Gasteiger partial charge in [0.15, 0.2) is 0 Å². The lowest BCUT2D eigenvalue weighted by molar-refractivity contribution is 0.464. The Morgan fingerprint density at radius 1 is 1.14 bits per heavy atom. The van der Waals surface area contributed by atoms with Crippen LogP contribution in [0.25, 0.3) is 10.9 Å². The van der Waals surface area contributed by atoms with Gasteiger partial charge in [-0.05, 0) is 30.7 Å². The van der Waals surface area contributed by atoms with Crippen LogP contribution in [0.2, 0.25) is 0 Å². The molecule has 3 aromatic rings. The number of nitrogens with zero attached hydrogens (tertiary/aromatic N) is 3. The summed E-state index contributed by atoms with van der Waals surface area (Å²) in [6, 6.07) is 11.2. The van der Waals surface area contributed by atoms with Gasteiger partial charge in [0.05, 0.1) is 5.52 Å². The SMILES string of the molecule is CCCc1nc(N)cc(Oc2cccc3ncccc23)n1. The minimum atomic E-state index is 0.418. The zero-order valence-electron chi connectivity index (χ0n) is 11.8. The zero-order valence-corrected chi connectivity index (χ0v) is 11.8. The van der Waals surface area contributed by atoms with Gasteiger partial charge >= 0.3 is 0 Å². The third-order valence-corrected chi connectivity index (χ3v) is 3.06. The molecule has 5 heteroatoms. The fourth-order valence-corrected chi connectivity index (χ4v) is 2.16. The molecule has 0 spiro atoms. The second kappa shape index (κ2) is 5.75. The summed E-state index contributed by atoms with van der Waals surface area (Å²) in [5.74, 6) is 2.29. The van der Waals surface area contributed by atoms with Gasteiger partial charge < -0.3 is 10.5 Å². The van der Waals surface area contributed by atoms with Crippen LogP contribution in [0.15, 0.2) is 42.6 Å². The molecule has 106 valence electrons. The number of hydrogen-bond acceptors (Lipinski definition) is 5. The number of aromatic nitrogens is 3. The van der Waals surface area contributed by atoms with Gasteiger partial charge in [0.25, 0.3) is 0 Å². The molecule has 2 aromatic heterocycles. The lowest BCUT2D eigenvalue weighted by Crippen LogP contribution is -2.01. The van der Waals surface area contributed by atoms with Crippen molar-refractivity contribution in [2.24, 2.45) is 0 Å². The Bertz CT molecular complexity index is 768. The van der Waals surface area contributed by atoms with E-state index in [1.54, 1.807) is 12.3 Å². The van der Waals surface area contributed by atoms with Gasteiger partial charge in [-0.15, -0.1) is 0 Å². The maximum Gasteiger partial charge on any atom is 0.224 e. The molecule has 1 aromatic carbocycles. The molecule has 0 unspecified atom stereocenters. The zero-order chi connectivity index (χ0) is 14.7. The van der Waals surface area contributed by atoms with Crippen LogP contribution in [-0.4, -0.2) is 15.0 Å². The molecule has 3 rings (SSSR count). The number of anilines is 1. The molecule has 0 saturated heterocycles. The fraction of sp³-hybridized carbons (Fsp3) is 0.188. The highest BCUT2D eigenvalue weighted by molar-refractivity contribution is 5.85. The highest BCUT2D eigenvalue weighted by Gasteiger charge is 2.07. The molecule has 2 heterocycles. The molecule has 0 radical (unpaired) electrons. The number of ether oxygens (including phenoxy) is 1. The first-order valence-electron chi connectivity index (χ1n) is 6.91. The summed E-state index contributed by atoms with van der Waals surface area (Å²) in [5.41, 5.74) is 6.69. The van der Waals surface area contributed by atoms with Gasteiger partial charge in [-0.3, -0.25) is 4.98 Å². The molecule has 0 aliphatic carbocycles. The van der Waals surface area contributed by atoms with E-state index in [4.69, 9.17) is 10.5 Å². The normalized spacial score (nSPS) is 10.7. The van der Waals surface area contributed by atoms with E-state index in [1.165, 1.54) is 0 Å². The Kier molecular flexibility index (Phi) is 3.64. The largest absolute Gasteiger partial charge is 0.438 e. The van der Waals surface area contributed by atoms with Crippen molar-refractivity contribution in [1.82, 2.24) is 15.0 Å². The van der Waals surface area contributed by atoms with Crippen LogP contribution in [0.5, 0.6) is 11.6 Å². The Hall–Kier alpha value is -2.69. The van der Waals surface area contributed by atoms with Crippen molar-refractivity contribution in [3.8, 4) is 11.6 Å². The average molecular weight is 280 g/mol. The lowest BCUT2D eigenvalue weighted by Gasteiger charge is -2.09. The summed E-state index contributed by atoms with van der Waals surface area (Å²) < 4.78 is 5.89. The maximum atomic E-state index is 5.89. The van der Waals surface area contributed by atoms with Gasteiger partial charge in [-0.25, -0.2) is 4.98 Å². The third-order valence-electron chi connectivity index (χ3n) is 3.06. The summed E-state index contributed by atoms with van der Waals surface area (Å²) in [5, 5.41) is 0.939. The minimum absolute atomic E-state index is 0.418. The first-order valence-corrected chi connectivity index (χ1v) is 6.91. The Labute approximate surface area is 122 Å². The summed E-state index contributed by atoms with van der Waals surface area (Å²) in [6.45, 7) is 2.07. The van der Waals surface area contributed by atoms with E-state index in [-0.39, 0.29) is 0 Å². The molecule has 21 heavy (non-hydrogen) atoms. The van der Waals surface area contributed by atoms with Crippen LogP contribution in [0.1, 0.15) is 19.2 Å². The molecule has 0 fully saturated rings. The molecule has 0 atom stereocenters. The highest BCUT2D eigenvalue weighted by atomic mass is 16.5. The van der Waals surface area contributed by atoms with Gasteiger partial charge in [0.1, 0.15) is 17.4 Å². The number of nitrogen functional groups attached to an aromatic ring is 1. The number of rotatable bonds is 4. The number of aryl methyl sites for hydroxylation is 1. The second-order valence-electron chi connectivity index (χ2n) is 4.73. The highest BCUT2D eigenvalue weighted by Crippen LogP contribution is 2.28. The van der Waals surface area contributed by atoms with E-state index in [2.05, 4.69) is 21.9 Å². The van der Waals surface area contributed by atoms with Crippen molar-refractivity contribution in [2.45, 2.75) is 19.8 Å². The van der Waals surface area contributed by atoms with Gasteiger partial charge in [-0.2, -0.15) is 4.98 Å². The van der Waals surface area contributed by atoms with Crippen LogP contribution >= 0.6 is 0 Å². The van der Waals surface area contributed by atoms with Crippen molar-refractivity contribution < 1.29 is 4.74 Å². The number of nitrogens with two attached hydrogens (primary N) is 1. The standard InChI is InChI=1S/C16H16N4O/c1-2-5-15-19-14(17)10-16(20-15)21-13-8-3-7-12-11(13)6-4-9-18-12/h3-4,6-10H,2,5H2,1H3,(H2,17,19,20). The van der Waals surface area contributed by atoms with E-state index in [0.717, 1.165) is 23.7 Å². The monoisotopic (exact) mass is 280 g/mol. The molecular weight excluding hydrogens is 264 g/mol. The summed E-state index contributed by atoms with van der Waals surface area (Å²) in [4.78, 5) is 12.9. The van der Waals surface area contributed by atoms with Crippen LogP contribution in [0.3, 0.4) is 0 Å². The Morgan fingerprint density at radius 3 is 2.90 bits per heavy atom. The molecule has 0 saturated carbocycles. The Morgan fingerprint density at radius 2 is 2.05 bits per heavy atom. The smallest absolute Gasteiger partial charge is 0.224 e. The molecule has 2 N–H and O–H groups in total. The van der Waals surface area contributed by atoms with Gasteiger partial charge in [0.2, 0.25) is 5.88 Å². The number of hydrogen-bond donors (Lipinski definition) is 1. The Balaban J connectivity index is 1.98. The predicted molar refractivity (Wildman–Crippen MR) is 82.3 cm³/mol. The first kappa shape index (κ1) is 13.3. The number of benzene rings is 1. The summed E-state index contributed by atoms with van der Waals surface area (Å²) in [6.07, 6.45) is 3.49. The summed E-state index contributed by atoms with van der Waals surface area (Å²) in [7, 11) is 0. The van der Waals surface area contributed by atoms with Crippen molar-refractivity contribution in [3.05, 3.63) is 48.4 Å². The molecule has 0 aliphatic heterocycles. The average Bonchev–Trinajstić information content (AvgIpc) is 2.47. The first-order chi connectivity index (χ1) is 10.3. The van der Waals surface area contributed by atoms with Gasteiger partial charge in [0, 0.05) is 24.1 Å². The van der Waals surface area contributed by atoms with Crippen LogP contribution in [-0.2, 0) is 6.42 Å². The molecular formula is C16H16N4O. The topological polar surface area (TPSA) is 73.9 Å². The third kappa shape index (κ3) is 2.91. The van der Waals surface area contributed by atoms with E-state index in [1.807, 2.05) is 30.3 Å². The lowest BCUT2D eigenvalue weighted by atomic mass is 10.2. The van der Waals surface area contributed by atoms with Crippen LogP contribution < -0.4 is 10.5 Å². The molecule has 5 nitrogen and oxygen atoms in total. The van der Waals surface area contributed by atoms with E-state index >= 15 is 0 Å². The van der Waals surface area contributed by atoms with E-state index in [0.29, 0.717) is 23.3 Å². The molecule has 0 bridgehead atoms. The number of pyridine rings is 1. The minimum Gasteiger partial charge on any atom is -0.438 e. The van der Waals surface area contributed by atoms with Crippen LogP contribution in [0.4, 0.5) is 5.82 Å². The quantitative estimate of drug-likeness (QED) is 0.793. The van der Waals surface area contributed by atoms with Crippen molar-refractivity contribution in [1.29, 1.82) is 0 Å². The van der Waals surface area contributed by atoms with Crippen molar-refractivity contribution in [2.75, 3.05) is 5.73 Å². The summed E-state index contributed by atoms with van der Waals surface area (Å²) >= 11 is 0. The van der Waals surface area contributed by atoms with Crippen molar-refractivity contribution >= 4 is 16.7 Å². The van der Waals surface area contributed by atoms with E-state index < -0.39 is 0 Å². The van der Waals surface area contributed by atoms with Crippen LogP contribution in [0, 0.1) is 0 Å². The fourth-order valence-electron chi connectivity index (χ4n) is 2.16. The molecule has 0 aliphatic rings. The van der Waals surface area contributed by atoms with E-state index in [9.17, 15) is 0 Å². The van der Waals surface area contributed by atoms with Gasteiger partial charge in [-0.1, -0.05) is 13.0 Å². The second-order valence-corrected chi connectivity index (χ2v) is 4.73. The predicted octanol–water partition coefficient (Wildman–Crippen LogP) is 3.35. The maximum absolute atomic E-state index is 5.89. The number of fused-ring (bicyclic) bond motifs is 1. The van der Waals surface area contributed by atoms with Crippen molar-refractivity contribution in [3.63, 3.8) is 0 Å². The molecule has 0 amide bonds.